The minimum absolute atomic E-state index is 0.478. The molecule has 0 aliphatic rings. The number of hydrogen-bond donors (Lipinski definition) is 1. The maximum absolute atomic E-state index is 9.18. The predicted octanol–water partition coefficient (Wildman–Crippen LogP) is 3.30. The van der Waals surface area contributed by atoms with Gasteiger partial charge in [-0.2, -0.15) is 5.06 Å². The van der Waals surface area contributed by atoms with E-state index in [4.69, 9.17) is 4.74 Å². The zero-order valence-corrected chi connectivity index (χ0v) is 9.71. The third kappa shape index (κ3) is 3.59. The summed E-state index contributed by atoms with van der Waals surface area (Å²) < 4.78 is 5.70. The van der Waals surface area contributed by atoms with E-state index >= 15 is 0 Å². The normalized spacial score (nSPS) is 10.5. The zero-order chi connectivity index (χ0) is 12.1. The first-order valence-electron chi connectivity index (χ1n) is 5.46. The standard InChI is InChI=1S/C14H15NO2/c1-15(16)11-12-6-5-9-14(10-12)17-13-7-3-2-4-8-13/h2-10,16H,11H2,1H3. The Morgan fingerprint density at radius 1 is 1.00 bits per heavy atom. The highest BCUT2D eigenvalue weighted by molar-refractivity contribution is 5.33. The molecule has 2 aromatic carbocycles. The van der Waals surface area contributed by atoms with Gasteiger partial charge in [0.05, 0.1) is 0 Å². The van der Waals surface area contributed by atoms with Crippen molar-refractivity contribution in [3.8, 4) is 11.5 Å². The highest BCUT2D eigenvalue weighted by atomic mass is 16.5. The van der Waals surface area contributed by atoms with Crippen molar-refractivity contribution in [3.63, 3.8) is 0 Å². The molecular formula is C14H15NO2. The van der Waals surface area contributed by atoms with Crippen LogP contribution in [0, 0.1) is 0 Å². The Morgan fingerprint density at radius 2 is 1.71 bits per heavy atom. The van der Waals surface area contributed by atoms with E-state index in [1.54, 1.807) is 7.05 Å². The lowest BCUT2D eigenvalue weighted by Crippen LogP contribution is -2.11. The van der Waals surface area contributed by atoms with Crippen molar-refractivity contribution >= 4 is 0 Å². The van der Waals surface area contributed by atoms with Crippen LogP contribution >= 0.6 is 0 Å². The van der Waals surface area contributed by atoms with Crippen molar-refractivity contribution in [2.75, 3.05) is 7.05 Å². The summed E-state index contributed by atoms with van der Waals surface area (Å²) in [6.45, 7) is 0.478. The molecule has 0 spiro atoms. The van der Waals surface area contributed by atoms with Crippen molar-refractivity contribution in [1.29, 1.82) is 0 Å². The Labute approximate surface area is 101 Å². The summed E-state index contributed by atoms with van der Waals surface area (Å²) in [4.78, 5) is 0. The summed E-state index contributed by atoms with van der Waals surface area (Å²) in [6, 6.07) is 17.3. The maximum Gasteiger partial charge on any atom is 0.127 e. The Morgan fingerprint density at radius 3 is 2.41 bits per heavy atom. The molecule has 2 aromatic rings. The molecule has 0 radical (unpaired) electrons. The van der Waals surface area contributed by atoms with Crippen molar-refractivity contribution in [3.05, 3.63) is 60.2 Å². The number of hydrogen-bond acceptors (Lipinski definition) is 3. The lowest BCUT2D eigenvalue weighted by Gasteiger charge is -2.10. The Kier molecular flexibility index (Phi) is 3.75. The van der Waals surface area contributed by atoms with E-state index < -0.39 is 0 Å². The van der Waals surface area contributed by atoms with Gasteiger partial charge in [0.2, 0.25) is 0 Å². The molecule has 1 N–H and O–H groups in total. The summed E-state index contributed by atoms with van der Waals surface area (Å²) in [5.41, 5.74) is 1.00. The first-order valence-corrected chi connectivity index (χ1v) is 5.46. The second-order valence-electron chi connectivity index (χ2n) is 3.88. The van der Waals surface area contributed by atoms with Gasteiger partial charge in [-0.1, -0.05) is 30.3 Å². The lowest BCUT2D eigenvalue weighted by molar-refractivity contribution is -0.0731. The van der Waals surface area contributed by atoms with E-state index in [2.05, 4.69) is 0 Å². The van der Waals surface area contributed by atoms with Crippen molar-refractivity contribution in [2.45, 2.75) is 6.54 Å². The molecule has 2 rings (SSSR count). The molecule has 0 aliphatic heterocycles. The second-order valence-corrected chi connectivity index (χ2v) is 3.88. The lowest BCUT2D eigenvalue weighted by atomic mass is 10.2. The van der Waals surface area contributed by atoms with Crippen LogP contribution in [-0.2, 0) is 6.54 Å². The van der Waals surface area contributed by atoms with E-state index in [9.17, 15) is 5.21 Å². The third-order valence-corrected chi connectivity index (χ3v) is 2.29. The molecule has 3 heteroatoms. The molecule has 0 amide bonds. The summed E-state index contributed by atoms with van der Waals surface area (Å²) in [5.74, 6) is 1.58. The molecule has 0 bridgehead atoms. The van der Waals surface area contributed by atoms with Crippen LogP contribution in [0.4, 0.5) is 0 Å². The number of rotatable bonds is 4. The van der Waals surface area contributed by atoms with Gasteiger partial charge in [-0.3, -0.25) is 0 Å². The fourth-order valence-electron chi connectivity index (χ4n) is 1.60. The van der Waals surface area contributed by atoms with Gasteiger partial charge < -0.3 is 9.94 Å². The topological polar surface area (TPSA) is 32.7 Å². The molecule has 0 saturated carbocycles. The fourth-order valence-corrected chi connectivity index (χ4v) is 1.60. The quantitative estimate of drug-likeness (QED) is 0.816. The van der Waals surface area contributed by atoms with Crippen LogP contribution in [0.25, 0.3) is 0 Å². The average molecular weight is 229 g/mol. The minimum atomic E-state index is 0.478. The molecule has 17 heavy (non-hydrogen) atoms. The molecule has 88 valence electrons. The maximum atomic E-state index is 9.18. The van der Waals surface area contributed by atoms with Crippen molar-refractivity contribution in [2.24, 2.45) is 0 Å². The third-order valence-electron chi connectivity index (χ3n) is 2.29. The number of para-hydroxylation sites is 1. The Bertz CT molecular complexity index is 469. The first-order chi connectivity index (χ1) is 8.24. The van der Waals surface area contributed by atoms with Gasteiger partial charge in [0, 0.05) is 13.6 Å². The predicted molar refractivity (Wildman–Crippen MR) is 66.2 cm³/mol. The van der Waals surface area contributed by atoms with E-state index in [-0.39, 0.29) is 0 Å². The molecule has 3 nitrogen and oxygen atoms in total. The highest BCUT2D eigenvalue weighted by Crippen LogP contribution is 2.21. The molecule has 0 aliphatic carbocycles. The van der Waals surface area contributed by atoms with Crippen LogP contribution in [0.3, 0.4) is 0 Å². The smallest absolute Gasteiger partial charge is 0.127 e. The van der Waals surface area contributed by atoms with Gasteiger partial charge in [-0.15, -0.1) is 0 Å². The second kappa shape index (κ2) is 5.48. The highest BCUT2D eigenvalue weighted by Gasteiger charge is 2.00. The molecule has 0 atom stereocenters. The molecule has 0 saturated heterocycles. The number of hydroxylamine groups is 2. The van der Waals surface area contributed by atoms with Crippen LogP contribution in [0.15, 0.2) is 54.6 Å². The van der Waals surface area contributed by atoms with Gasteiger partial charge >= 0.3 is 0 Å². The summed E-state index contributed by atoms with van der Waals surface area (Å²) in [7, 11) is 1.62. The Hall–Kier alpha value is -1.84. The van der Waals surface area contributed by atoms with Crippen LogP contribution in [-0.4, -0.2) is 17.3 Å². The van der Waals surface area contributed by atoms with Crippen LogP contribution in [0.5, 0.6) is 11.5 Å². The monoisotopic (exact) mass is 229 g/mol. The van der Waals surface area contributed by atoms with E-state index in [0.717, 1.165) is 22.1 Å². The van der Waals surface area contributed by atoms with Gasteiger partial charge in [-0.25, -0.2) is 0 Å². The average Bonchev–Trinajstić information content (AvgIpc) is 2.30. The van der Waals surface area contributed by atoms with Gasteiger partial charge in [0.1, 0.15) is 11.5 Å². The zero-order valence-electron chi connectivity index (χ0n) is 9.71. The number of benzene rings is 2. The van der Waals surface area contributed by atoms with Crippen LogP contribution in [0.1, 0.15) is 5.56 Å². The molecule has 0 aromatic heterocycles. The molecule has 0 heterocycles. The van der Waals surface area contributed by atoms with Crippen molar-refractivity contribution in [1.82, 2.24) is 5.06 Å². The molecular weight excluding hydrogens is 214 g/mol. The SMILES string of the molecule is CN(O)Cc1cccc(Oc2ccccc2)c1. The van der Waals surface area contributed by atoms with Gasteiger partial charge in [0.15, 0.2) is 0 Å². The van der Waals surface area contributed by atoms with Gasteiger partial charge in [-0.05, 0) is 29.8 Å². The fraction of sp³-hybridized carbons (Fsp3) is 0.143. The van der Waals surface area contributed by atoms with Gasteiger partial charge in [0.25, 0.3) is 0 Å². The molecule has 0 fully saturated rings. The Balaban J connectivity index is 2.11. The van der Waals surface area contributed by atoms with E-state index in [1.807, 2.05) is 54.6 Å². The largest absolute Gasteiger partial charge is 0.457 e. The summed E-state index contributed by atoms with van der Waals surface area (Å²) in [5, 5.41) is 10.3. The van der Waals surface area contributed by atoms with E-state index in [0.29, 0.717) is 6.54 Å². The molecule has 0 unspecified atom stereocenters. The summed E-state index contributed by atoms with van der Waals surface area (Å²) >= 11 is 0. The first kappa shape index (κ1) is 11.6. The van der Waals surface area contributed by atoms with Crippen LogP contribution < -0.4 is 4.74 Å². The summed E-state index contributed by atoms with van der Waals surface area (Å²) in [6.07, 6.45) is 0. The van der Waals surface area contributed by atoms with Crippen molar-refractivity contribution < 1.29 is 9.94 Å². The minimum Gasteiger partial charge on any atom is -0.457 e. The number of ether oxygens (including phenoxy) is 1. The number of nitrogens with zero attached hydrogens (tertiary/aromatic N) is 1. The van der Waals surface area contributed by atoms with Crippen LogP contribution in [0.2, 0.25) is 0 Å². The van der Waals surface area contributed by atoms with E-state index in [1.165, 1.54) is 0 Å².